The fraction of sp³-hybridized carbons (Fsp3) is 0.154. The van der Waals surface area contributed by atoms with E-state index in [4.69, 9.17) is 0 Å². The van der Waals surface area contributed by atoms with Crippen molar-refractivity contribution in [3.63, 3.8) is 0 Å². The molecule has 0 saturated heterocycles. The van der Waals surface area contributed by atoms with Crippen LogP contribution in [-0.4, -0.2) is 20.2 Å². The molecule has 0 atom stereocenters. The van der Waals surface area contributed by atoms with Gasteiger partial charge in [0.1, 0.15) is 0 Å². The van der Waals surface area contributed by atoms with Gasteiger partial charge in [-0.3, -0.25) is 0 Å². The molecule has 1 aromatic heterocycles. The van der Waals surface area contributed by atoms with E-state index >= 15 is 0 Å². The SMILES string of the molecule is Cn1nnc(NCc2cccc3ccccc23)n1. The number of benzene rings is 2. The number of tetrazole rings is 1. The molecule has 0 radical (unpaired) electrons. The number of rotatable bonds is 3. The maximum atomic E-state index is 4.09. The van der Waals surface area contributed by atoms with Crippen LogP contribution in [0.4, 0.5) is 5.95 Å². The molecular weight excluding hydrogens is 226 g/mol. The van der Waals surface area contributed by atoms with Gasteiger partial charge in [0.25, 0.3) is 5.95 Å². The number of anilines is 1. The second-order valence-electron chi connectivity index (χ2n) is 4.09. The lowest BCUT2D eigenvalue weighted by Crippen LogP contribution is -2.02. The minimum Gasteiger partial charge on any atom is -0.347 e. The van der Waals surface area contributed by atoms with E-state index in [0.29, 0.717) is 12.5 Å². The first-order chi connectivity index (χ1) is 8.83. The van der Waals surface area contributed by atoms with Crippen molar-refractivity contribution in [1.82, 2.24) is 20.2 Å². The highest BCUT2D eigenvalue weighted by Gasteiger charge is 2.02. The molecule has 3 rings (SSSR count). The molecule has 0 fully saturated rings. The average molecular weight is 239 g/mol. The zero-order valence-corrected chi connectivity index (χ0v) is 10.0. The molecule has 18 heavy (non-hydrogen) atoms. The van der Waals surface area contributed by atoms with Crippen LogP contribution in [0.3, 0.4) is 0 Å². The van der Waals surface area contributed by atoms with Crippen molar-refractivity contribution in [3.05, 3.63) is 48.0 Å². The van der Waals surface area contributed by atoms with Crippen LogP contribution in [-0.2, 0) is 13.6 Å². The summed E-state index contributed by atoms with van der Waals surface area (Å²) in [7, 11) is 1.75. The van der Waals surface area contributed by atoms with E-state index in [1.165, 1.54) is 21.1 Å². The van der Waals surface area contributed by atoms with Crippen molar-refractivity contribution >= 4 is 16.7 Å². The second-order valence-corrected chi connectivity index (χ2v) is 4.09. The highest BCUT2D eigenvalue weighted by atomic mass is 15.6. The summed E-state index contributed by atoms with van der Waals surface area (Å²) in [5.74, 6) is 0.547. The lowest BCUT2D eigenvalue weighted by atomic mass is 10.0. The summed E-state index contributed by atoms with van der Waals surface area (Å²) in [6.45, 7) is 0.688. The molecule has 5 heteroatoms. The first-order valence-electron chi connectivity index (χ1n) is 5.77. The number of nitrogens with one attached hydrogen (secondary N) is 1. The van der Waals surface area contributed by atoms with Crippen LogP contribution in [0.15, 0.2) is 42.5 Å². The Balaban J connectivity index is 1.86. The summed E-state index contributed by atoms with van der Waals surface area (Å²) in [6.07, 6.45) is 0. The zero-order valence-electron chi connectivity index (χ0n) is 10.0. The van der Waals surface area contributed by atoms with Gasteiger partial charge in [-0.2, -0.15) is 4.80 Å². The third kappa shape index (κ3) is 2.02. The Labute approximate surface area is 104 Å². The number of hydrogen-bond donors (Lipinski definition) is 1. The van der Waals surface area contributed by atoms with Gasteiger partial charge in [-0.05, 0) is 21.5 Å². The van der Waals surface area contributed by atoms with Gasteiger partial charge in [-0.1, -0.05) is 47.6 Å². The molecule has 0 saturated carbocycles. The first-order valence-corrected chi connectivity index (χ1v) is 5.77. The maximum Gasteiger partial charge on any atom is 0.263 e. The van der Waals surface area contributed by atoms with Gasteiger partial charge in [-0.15, -0.1) is 5.10 Å². The van der Waals surface area contributed by atoms with Crippen molar-refractivity contribution in [3.8, 4) is 0 Å². The lowest BCUT2D eigenvalue weighted by Gasteiger charge is -2.06. The van der Waals surface area contributed by atoms with Crippen LogP contribution in [0.5, 0.6) is 0 Å². The summed E-state index contributed by atoms with van der Waals surface area (Å²) in [5.41, 5.74) is 1.22. The highest BCUT2D eigenvalue weighted by molar-refractivity contribution is 5.85. The molecule has 2 aromatic carbocycles. The first kappa shape index (κ1) is 10.7. The smallest absolute Gasteiger partial charge is 0.263 e. The number of fused-ring (bicyclic) bond motifs is 1. The van der Waals surface area contributed by atoms with Crippen LogP contribution in [0.2, 0.25) is 0 Å². The van der Waals surface area contributed by atoms with Gasteiger partial charge in [0.05, 0.1) is 7.05 Å². The molecule has 0 amide bonds. The third-order valence-electron chi connectivity index (χ3n) is 2.83. The van der Waals surface area contributed by atoms with Crippen molar-refractivity contribution in [1.29, 1.82) is 0 Å². The Morgan fingerprint density at radius 1 is 1.11 bits per heavy atom. The van der Waals surface area contributed by atoms with Gasteiger partial charge >= 0.3 is 0 Å². The second kappa shape index (κ2) is 4.44. The lowest BCUT2D eigenvalue weighted by molar-refractivity contribution is 0.630. The number of aromatic nitrogens is 4. The largest absolute Gasteiger partial charge is 0.347 e. The molecule has 0 unspecified atom stereocenters. The van der Waals surface area contributed by atoms with Crippen molar-refractivity contribution in [2.75, 3.05) is 5.32 Å². The van der Waals surface area contributed by atoms with Gasteiger partial charge in [0, 0.05) is 6.54 Å². The predicted octanol–water partition coefficient (Wildman–Crippen LogP) is 1.98. The van der Waals surface area contributed by atoms with Gasteiger partial charge in [0.2, 0.25) is 0 Å². The van der Waals surface area contributed by atoms with Crippen LogP contribution < -0.4 is 5.32 Å². The molecule has 0 aliphatic heterocycles. The summed E-state index contributed by atoms with van der Waals surface area (Å²) < 4.78 is 0. The molecule has 0 spiro atoms. The van der Waals surface area contributed by atoms with Crippen molar-refractivity contribution in [2.45, 2.75) is 6.54 Å². The Hall–Kier alpha value is -2.43. The monoisotopic (exact) mass is 239 g/mol. The average Bonchev–Trinajstić information content (AvgIpc) is 2.82. The van der Waals surface area contributed by atoms with Crippen LogP contribution in [0, 0.1) is 0 Å². The Bertz CT molecular complexity index is 668. The maximum absolute atomic E-state index is 4.09. The van der Waals surface area contributed by atoms with Crippen LogP contribution in [0.25, 0.3) is 10.8 Å². The van der Waals surface area contributed by atoms with E-state index in [2.05, 4.69) is 51.1 Å². The molecular formula is C13H13N5. The van der Waals surface area contributed by atoms with Crippen LogP contribution in [0.1, 0.15) is 5.56 Å². The standard InChI is InChI=1S/C13H13N5/c1-18-16-13(15-17-18)14-9-11-7-4-6-10-5-2-3-8-12(10)11/h2-8H,9H2,1H3,(H,14,16). The molecule has 90 valence electrons. The summed E-state index contributed by atoms with van der Waals surface area (Å²) >= 11 is 0. The minimum absolute atomic E-state index is 0.547. The van der Waals surface area contributed by atoms with E-state index in [9.17, 15) is 0 Å². The zero-order chi connectivity index (χ0) is 12.4. The topological polar surface area (TPSA) is 55.6 Å². The summed E-state index contributed by atoms with van der Waals surface area (Å²) in [4.78, 5) is 1.44. The molecule has 1 N–H and O–H groups in total. The van der Waals surface area contributed by atoms with Crippen LogP contribution >= 0.6 is 0 Å². The summed E-state index contributed by atoms with van der Waals surface area (Å²) in [5, 5.41) is 17.4. The molecule has 1 heterocycles. The Kier molecular flexibility index (Phi) is 2.64. The van der Waals surface area contributed by atoms with E-state index in [1.807, 2.05) is 12.1 Å². The van der Waals surface area contributed by atoms with Crippen molar-refractivity contribution in [2.24, 2.45) is 7.05 Å². The fourth-order valence-corrected chi connectivity index (χ4v) is 1.98. The molecule has 0 bridgehead atoms. The molecule has 0 aliphatic rings. The number of aryl methyl sites for hydroxylation is 1. The van der Waals surface area contributed by atoms with E-state index in [0.717, 1.165) is 0 Å². The fourth-order valence-electron chi connectivity index (χ4n) is 1.98. The quantitative estimate of drug-likeness (QED) is 0.759. The Morgan fingerprint density at radius 3 is 2.78 bits per heavy atom. The predicted molar refractivity (Wildman–Crippen MR) is 70.1 cm³/mol. The number of hydrogen-bond acceptors (Lipinski definition) is 4. The minimum atomic E-state index is 0.547. The number of nitrogens with zero attached hydrogens (tertiary/aromatic N) is 4. The van der Waals surface area contributed by atoms with E-state index < -0.39 is 0 Å². The van der Waals surface area contributed by atoms with E-state index in [1.54, 1.807) is 7.05 Å². The highest BCUT2D eigenvalue weighted by Crippen LogP contribution is 2.18. The summed E-state index contributed by atoms with van der Waals surface area (Å²) in [6, 6.07) is 14.6. The van der Waals surface area contributed by atoms with E-state index in [-0.39, 0.29) is 0 Å². The molecule has 3 aromatic rings. The van der Waals surface area contributed by atoms with Gasteiger partial charge < -0.3 is 5.32 Å². The van der Waals surface area contributed by atoms with Gasteiger partial charge in [0.15, 0.2) is 0 Å². The molecule has 5 nitrogen and oxygen atoms in total. The van der Waals surface area contributed by atoms with Crippen molar-refractivity contribution < 1.29 is 0 Å². The van der Waals surface area contributed by atoms with Gasteiger partial charge in [-0.25, -0.2) is 0 Å². The normalized spacial score (nSPS) is 10.7. The third-order valence-corrected chi connectivity index (χ3v) is 2.83. The molecule has 0 aliphatic carbocycles. The Morgan fingerprint density at radius 2 is 1.94 bits per heavy atom.